The Morgan fingerprint density at radius 1 is 1.29 bits per heavy atom. The summed E-state index contributed by atoms with van der Waals surface area (Å²) in [6, 6.07) is 0.656. The van der Waals surface area contributed by atoms with E-state index >= 15 is 0 Å². The Morgan fingerprint density at radius 3 is 2.59 bits per heavy atom. The van der Waals surface area contributed by atoms with Gasteiger partial charge >= 0.3 is 0 Å². The Kier molecular flexibility index (Phi) is 4.43. The second kappa shape index (κ2) is 5.50. The van der Waals surface area contributed by atoms with Gasteiger partial charge < -0.3 is 10.1 Å². The molecule has 1 aliphatic heterocycles. The number of ether oxygens (including phenoxy) is 1. The van der Waals surface area contributed by atoms with Gasteiger partial charge in [-0.25, -0.2) is 0 Å². The number of thioether (sulfide) groups is 1. The van der Waals surface area contributed by atoms with Crippen molar-refractivity contribution in [2.45, 2.75) is 68.8 Å². The van der Waals surface area contributed by atoms with E-state index in [1.165, 1.54) is 38.6 Å². The number of hydrogen-bond acceptors (Lipinski definition) is 3. The summed E-state index contributed by atoms with van der Waals surface area (Å²) in [6.45, 7) is 6.52. The molecule has 0 radical (unpaired) electrons. The number of nitrogens with one attached hydrogen (secondary N) is 1. The van der Waals surface area contributed by atoms with E-state index in [4.69, 9.17) is 4.74 Å². The normalized spacial score (nSPS) is 31.6. The summed E-state index contributed by atoms with van der Waals surface area (Å²) in [4.78, 5) is 0. The van der Waals surface area contributed by atoms with Crippen LogP contribution in [0.4, 0.5) is 0 Å². The highest BCUT2D eigenvalue weighted by Gasteiger charge is 2.35. The van der Waals surface area contributed by atoms with E-state index in [1.54, 1.807) is 0 Å². The van der Waals surface area contributed by atoms with E-state index in [0.29, 0.717) is 10.8 Å². The van der Waals surface area contributed by atoms with Crippen molar-refractivity contribution >= 4 is 11.8 Å². The third-order valence-corrected chi connectivity index (χ3v) is 5.78. The van der Waals surface area contributed by atoms with E-state index in [-0.39, 0.29) is 5.60 Å². The summed E-state index contributed by atoms with van der Waals surface area (Å²) in [7, 11) is 0. The molecule has 0 aromatic heterocycles. The van der Waals surface area contributed by atoms with E-state index in [1.807, 2.05) is 0 Å². The van der Waals surface area contributed by atoms with Gasteiger partial charge in [-0.2, -0.15) is 11.8 Å². The first-order chi connectivity index (χ1) is 8.05. The maximum absolute atomic E-state index is 5.77. The lowest BCUT2D eigenvalue weighted by Gasteiger charge is -2.38. The molecule has 1 saturated heterocycles. The highest BCUT2D eigenvalue weighted by molar-refractivity contribution is 8.00. The van der Waals surface area contributed by atoms with Crippen LogP contribution in [0.1, 0.15) is 52.4 Å². The predicted molar refractivity (Wildman–Crippen MR) is 75.8 cm³/mol. The Hall–Kier alpha value is 0.270. The Bertz CT molecular complexity index is 249. The molecule has 2 nitrogen and oxygen atoms in total. The van der Waals surface area contributed by atoms with Crippen molar-refractivity contribution in [2.75, 3.05) is 19.4 Å². The van der Waals surface area contributed by atoms with Crippen molar-refractivity contribution in [2.24, 2.45) is 0 Å². The smallest absolute Gasteiger partial charge is 0.0641 e. The largest absolute Gasteiger partial charge is 0.375 e. The fourth-order valence-electron chi connectivity index (χ4n) is 3.21. The van der Waals surface area contributed by atoms with Crippen molar-refractivity contribution < 1.29 is 4.74 Å². The molecule has 0 aromatic carbocycles. The summed E-state index contributed by atoms with van der Waals surface area (Å²) in [6.07, 6.45) is 10.2. The molecule has 0 amide bonds. The maximum Gasteiger partial charge on any atom is 0.0641 e. The van der Waals surface area contributed by atoms with Gasteiger partial charge in [-0.05, 0) is 45.8 Å². The van der Waals surface area contributed by atoms with Crippen molar-refractivity contribution in [3.8, 4) is 0 Å². The number of rotatable bonds is 4. The van der Waals surface area contributed by atoms with E-state index in [2.05, 4.69) is 37.2 Å². The van der Waals surface area contributed by atoms with Crippen LogP contribution in [-0.4, -0.2) is 35.8 Å². The van der Waals surface area contributed by atoms with Crippen molar-refractivity contribution in [1.82, 2.24) is 5.32 Å². The molecule has 0 spiro atoms. The SMILES string of the molecule is CSC1(CNC2CCOC(C)(C)C2)CCCC1. The van der Waals surface area contributed by atoms with Crippen molar-refractivity contribution in [1.29, 1.82) is 0 Å². The van der Waals surface area contributed by atoms with Crippen LogP contribution in [-0.2, 0) is 4.74 Å². The minimum atomic E-state index is 0.0676. The molecule has 1 unspecified atom stereocenters. The van der Waals surface area contributed by atoms with Crippen LogP contribution < -0.4 is 5.32 Å². The molecule has 2 rings (SSSR count). The molecule has 2 aliphatic rings. The molecule has 1 N–H and O–H groups in total. The summed E-state index contributed by atoms with van der Waals surface area (Å²) < 4.78 is 6.30. The van der Waals surface area contributed by atoms with Gasteiger partial charge in [0.1, 0.15) is 0 Å². The maximum atomic E-state index is 5.77. The minimum absolute atomic E-state index is 0.0676. The average molecular weight is 257 g/mol. The zero-order valence-electron chi connectivity index (χ0n) is 11.6. The third kappa shape index (κ3) is 3.62. The van der Waals surface area contributed by atoms with Gasteiger partial charge in [0.15, 0.2) is 0 Å². The van der Waals surface area contributed by atoms with E-state index in [0.717, 1.165) is 13.0 Å². The van der Waals surface area contributed by atoms with Crippen LogP contribution in [0.15, 0.2) is 0 Å². The molecule has 100 valence electrons. The summed E-state index contributed by atoms with van der Waals surface area (Å²) in [5, 5.41) is 3.81. The quantitative estimate of drug-likeness (QED) is 0.835. The molecule has 0 bridgehead atoms. The minimum Gasteiger partial charge on any atom is -0.375 e. The predicted octanol–water partition coefficient (Wildman–Crippen LogP) is 3.21. The number of hydrogen-bond donors (Lipinski definition) is 1. The molecule has 1 saturated carbocycles. The molecule has 1 heterocycles. The van der Waals surface area contributed by atoms with E-state index < -0.39 is 0 Å². The first kappa shape index (κ1) is 13.7. The zero-order chi connectivity index (χ0) is 12.4. The molecular formula is C14H27NOS. The standard InChI is InChI=1S/C14H27NOS/c1-13(2)10-12(6-9-16-13)15-11-14(17-3)7-4-5-8-14/h12,15H,4-11H2,1-3H3. The van der Waals surface area contributed by atoms with Crippen LogP contribution >= 0.6 is 11.8 Å². The van der Waals surface area contributed by atoms with Crippen LogP contribution in [0.5, 0.6) is 0 Å². The highest BCUT2D eigenvalue weighted by Crippen LogP contribution is 2.40. The highest BCUT2D eigenvalue weighted by atomic mass is 32.2. The first-order valence-electron chi connectivity index (χ1n) is 6.98. The van der Waals surface area contributed by atoms with Crippen molar-refractivity contribution in [3.63, 3.8) is 0 Å². The summed E-state index contributed by atoms with van der Waals surface area (Å²) in [5.74, 6) is 0. The fraction of sp³-hybridized carbons (Fsp3) is 1.00. The van der Waals surface area contributed by atoms with Crippen LogP contribution in [0.2, 0.25) is 0 Å². The topological polar surface area (TPSA) is 21.3 Å². The average Bonchev–Trinajstić information content (AvgIpc) is 2.75. The zero-order valence-corrected chi connectivity index (χ0v) is 12.4. The van der Waals surface area contributed by atoms with Gasteiger partial charge in [0, 0.05) is 23.9 Å². The molecule has 1 aliphatic carbocycles. The molecule has 0 aromatic rings. The second-order valence-electron chi connectivity index (χ2n) is 6.27. The second-order valence-corrected chi connectivity index (χ2v) is 7.55. The lowest BCUT2D eigenvalue weighted by Crippen LogP contribution is -2.47. The van der Waals surface area contributed by atoms with E-state index in [9.17, 15) is 0 Å². The third-order valence-electron chi connectivity index (χ3n) is 4.36. The molecule has 1 atom stereocenters. The molecule has 17 heavy (non-hydrogen) atoms. The Morgan fingerprint density at radius 2 is 2.00 bits per heavy atom. The Balaban J connectivity index is 1.81. The lowest BCUT2D eigenvalue weighted by atomic mass is 9.93. The molecule has 2 fully saturated rings. The fourth-order valence-corrected chi connectivity index (χ4v) is 4.13. The monoisotopic (exact) mass is 257 g/mol. The Labute approximate surface area is 110 Å². The lowest BCUT2D eigenvalue weighted by molar-refractivity contribution is -0.0630. The van der Waals surface area contributed by atoms with Crippen LogP contribution in [0.25, 0.3) is 0 Å². The van der Waals surface area contributed by atoms with Crippen LogP contribution in [0.3, 0.4) is 0 Å². The van der Waals surface area contributed by atoms with Gasteiger partial charge in [-0.1, -0.05) is 12.8 Å². The molecule has 3 heteroatoms. The van der Waals surface area contributed by atoms with Gasteiger partial charge in [0.05, 0.1) is 5.60 Å². The van der Waals surface area contributed by atoms with Gasteiger partial charge in [0.25, 0.3) is 0 Å². The summed E-state index contributed by atoms with van der Waals surface area (Å²) in [5.41, 5.74) is 0.0676. The van der Waals surface area contributed by atoms with Gasteiger partial charge in [0.2, 0.25) is 0 Å². The summed E-state index contributed by atoms with van der Waals surface area (Å²) >= 11 is 2.07. The van der Waals surface area contributed by atoms with Crippen LogP contribution in [0, 0.1) is 0 Å². The first-order valence-corrected chi connectivity index (χ1v) is 8.20. The van der Waals surface area contributed by atoms with Crippen molar-refractivity contribution in [3.05, 3.63) is 0 Å². The van der Waals surface area contributed by atoms with Gasteiger partial charge in [-0.3, -0.25) is 0 Å². The van der Waals surface area contributed by atoms with Gasteiger partial charge in [-0.15, -0.1) is 0 Å². The molecular weight excluding hydrogens is 230 g/mol.